The van der Waals surface area contributed by atoms with Crippen molar-refractivity contribution in [2.24, 2.45) is 5.92 Å². The number of sulfonamides is 1. The number of aromatic nitrogens is 2. The molecule has 2 aliphatic rings. The Hall–Kier alpha value is -3.77. The zero-order valence-electron chi connectivity index (χ0n) is 23.5. The van der Waals surface area contributed by atoms with Crippen LogP contribution in [-0.2, 0) is 30.8 Å². The van der Waals surface area contributed by atoms with Crippen molar-refractivity contribution in [3.8, 4) is 11.6 Å². The van der Waals surface area contributed by atoms with E-state index in [9.17, 15) is 36.3 Å². The van der Waals surface area contributed by atoms with Gasteiger partial charge < -0.3 is 29.4 Å². The Balaban J connectivity index is 1.66. The summed E-state index contributed by atoms with van der Waals surface area (Å²) in [4.78, 5) is 24.3. The highest BCUT2D eigenvalue weighted by molar-refractivity contribution is 7.93. The number of hydrogen-bond acceptors (Lipinski definition) is 10. The van der Waals surface area contributed by atoms with Gasteiger partial charge in [0.25, 0.3) is 15.9 Å². The number of hydrogen-bond donors (Lipinski definition) is 3. The maximum Gasteiger partial charge on any atom is 0.427 e. The number of ether oxygens (including phenoxy) is 4. The monoisotopic (exact) mass is 635 g/mol. The number of amides is 2. The van der Waals surface area contributed by atoms with Gasteiger partial charge in [0.15, 0.2) is 4.90 Å². The first-order valence-electron chi connectivity index (χ1n) is 13.2. The van der Waals surface area contributed by atoms with Crippen LogP contribution in [0.2, 0.25) is 0 Å². The number of nitrogens with zero attached hydrogens (tertiary/aromatic N) is 3. The van der Waals surface area contributed by atoms with Gasteiger partial charge in [-0.2, -0.15) is 13.2 Å². The van der Waals surface area contributed by atoms with Crippen molar-refractivity contribution in [2.45, 2.75) is 50.1 Å². The van der Waals surface area contributed by atoms with Crippen molar-refractivity contribution in [1.82, 2.24) is 15.1 Å². The van der Waals surface area contributed by atoms with E-state index >= 15 is 0 Å². The highest BCUT2D eigenvalue weighted by atomic mass is 32.2. The average molecular weight is 636 g/mol. The van der Waals surface area contributed by atoms with Gasteiger partial charge in [0, 0.05) is 18.4 Å². The Morgan fingerprint density at radius 1 is 1.23 bits per heavy atom. The van der Waals surface area contributed by atoms with Crippen molar-refractivity contribution < 1.29 is 55.2 Å². The number of benzene rings is 1. The first kappa shape index (κ1) is 32.2. The van der Waals surface area contributed by atoms with Gasteiger partial charge in [-0.1, -0.05) is 0 Å². The summed E-state index contributed by atoms with van der Waals surface area (Å²) >= 11 is 0. The van der Waals surface area contributed by atoms with Crippen LogP contribution in [-0.4, -0.2) is 92.7 Å². The number of alkyl halides is 3. The van der Waals surface area contributed by atoms with Gasteiger partial charge in [-0.15, -0.1) is 5.10 Å². The van der Waals surface area contributed by atoms with Crippen molar-refractivity contribution >= 4 is 33.4 Å². The molecule has 2 aromatic rings. The lowest BCUT2D eigenvalue weighted by Gasteiger charge is -2.36. The zero-order valence-corrected chi connectivity index (χ0v) is 24.3. The summed E-state index contributed by atoms with van der Waals surface area (Å²) in [6.45, 7) is 2.96. The van der Waals surface area contributed by atoms with Crippen LogP contribution in [0.3, 0.4) is 0 Å². The van der Waals surface area contributed by atoms with Gasteiger partial charge in [-0.3, -0.25) is 19.1 Å². The lowest BCUT2D eigenvalue weighted by molar-refractivity contribution is -0.242. The van der Waals surface area contributed by atoms with E-state index in [0.717, 1.165) is 4.31 Å². The van der Waals surface area contributed by atoms with Crippen LogP contribution in [0.25, 0.3) is 0 Å². The Bertz CT molecular complexity index is 1440. The van der Waals surface area contributed by atoms with E-state index in [1.54, 1.807) is 6.92 Å². The van der Waals surface area contributed by atoms with Crippen LogP contribution in [0.1, 0.15) is 20.8 Å². The number of fused-ring (bicyclic) bond motifs is 1. The summed E-state index contributed by atoms with van der Waals surface area (Å²) in [5.74, 6) is -0.807. The molecule has 4 rings (SSSR count). The Morgan fingerprint density at radius 3 is 2.56 bits per heavy atom. The average Bonchev–Trinajstić information content (AvgIpc) is 3.32. The largest absolute Gasteiger partial charge is 0.484 e. The number of anilines is 2. The van der Waals surface area contributed by atoms with E-state index in [1.807, 2.05) is 0 Å². The van der Waals surface area contributed by atoms with Crippen molar-refractivity contribution in [1.29, 1.82) is 0 Å². The molecule has 1 fully saturated rings. The second-order valence-corrected chi connectivity index (χ2v) is 12.0. The summed E-state index contributed by atoms with van der Waals surface area (Å²) in [6, 6.07) is 3.82. The molecule has 238 valence electrons. The number of nitrogens with one attached hydrogen (secondary N) is 2. The molecule has 2 amide bonds. The fraction of sp³-hybridized carbons (Fsp3) is 0.560. The number of rotatable bonds is 11. The predicted molar refractivity (Wildman–Crippen MR) is 143 cm³/mol. The molecule has 1 atom stereocenters. The van der Waals surface area contributed by atoms with Crippen LogP contribution >= 0.6 is 0 Å². The van der Waals surface area contributed by atoms with Crippen LogP contribution in [0.5, 0.6) is 11.6 Å². The second kappa shape index (κ2) is 12.5. The molecule has 3 N–H and O–H groups in total. The molecule has 43 heavy (non-hydrogen) atoms. The summed E-state index contributed by atoms with van der Waals surface area (Å²) < 4.78 is 91.0. The van der Waals surface area contributed by atoms with E-state index in [1.165, 1.54) is 29.1 Å². The molecule has 0 spiro atoms. The van der Waals surface area contributed by atoms with Gasteiger partial charge in [0.05, 0.1) is 44.5 Å². The molecule has 1 aromatic carbocycles. The smallest absolute Gasteiger partial charge is 0.427 e. The van der Waals surface area contributed by atoms with Gasteiger partial charge in [-0.25, -0.2) is 13.2 Å². The molecule has 3 heterocycles. The molecule has 0 bridgehead atoms. The van der Waals surface area contributed by atoms with E-state index in [0.29, 0.717) is 20.4 Å². The third-order valence-corrected chi connectivity index (χ3v) is 8.36. The van der Waals surface area contributed by atoms with Crippen LogP contribution in [0, 0.1) is 5.92 Å². The molecule has 0 aliphatic carbocycles. The fourth-order valence-electron chi connectivity index (χ4n) is 3.99. The van der Waals surface area contributed by atoms with E-state index in [4.69, 9.17) is 14.2 Å². The highest BCUT2D eigenvalue weighted by Gasteiger charge is 2.51. The number of aliphatic hydroxyl groups excluding tert-OH is 1. The minimum atomic E-state index is -4.84. The van der Waals surface area contributed by atoms with E-state index in [2.05, 4.69) is 20.5 Å². The fourth-order valence-corrected chi connectivity index (χ4v) is 5.56. The molecule has 1 saturated heterocycles. The summed E-state index contributed by atoms with van der Waals surface area (Å²) in [7, 11) is -4.46. The Morgan fingerprint density at radius 2 is 1.95 bits per heavy atom. The van der Waals surface area contributed by atoms with Gasteiger partial charge >= 0.3 is 12.3 Å². The molecular weight excluding hydrogens is 603 g/mol. The van der Waals surface area contributed by atoms with E-state index in [-0.39, 0.29) is 72.6 Å². The van der Waals surface area contributed by atoms with Gasteiger partial charge in [-0.05, 0) is 39.0 Å². The van der Waals surface area contributed by atoms with E-state index < -0.39 is 40.6 Å². The highest BCUT2D eigenvalue weighted by Crippen LogP contribution is 2.40. The quantitative estimate of drug-likeness (QED) is 0.331. The first-order chi connectivity index (χ1) is 20.2. The van der Waals surface area contributed by atoms with Crippen LogP contribution < -0.4 is 24.4 Å². The summed E-state index contributed by atoms with van der Waals surface area (Å²) in [5.41, 5.74) is -2.93. The molecule has 18 heteroatoms. The lowest BCUT2D eigenvalue weighted by atomic mass is 10.1. The lowest BCUT2D eigenvalue weighted by Crippen LogP contribution is -2.50. The Labute approximate surface area is 245 Å². The zero-order chi connectivity index (χ0) is 31.6. The molecule has 0 saturated carbocycles. The summed E-state index contributed by atoms with van der Waals surface area (Å²) in [5, 5.41) is 18.2. The molecular formula is C25H32F3N5O9S. The maximum absolute atomic E-state index is 14.1. The molecule has 0 radical (unpaired) electrons. The number of aliphatic hydroxyl groups is 1. The van der Waals surface area contributed by atoms with Crippen LogP contribution in [0.15, 0.2) is 29.3 Å². The molecule has 14 nitrogen and oxygen atoms in total. The SMILES string of the molecule is CCn1cc(S(=O)(=O)N2C[C@H](CNC(=O)C3COC3)Oc3ccc(NC(=O)OC(C)(C)C(F)(F)F)cc32)c(OCCO)n1. The summed E-state index contributed by atoms with van der Waals surface area (Å²) in [6.07, 6.45) is -5.86. The van der Waals surface area contributed by atoms with Crippen molar-refractivity contribution in [3.05, 3.63) is 24.4 Å². The van der Waals surface area contributed by atoms with Gasteiger partial charge in [0.1, 0.15) is 18.5 Å². The number of halogens is 3. The number of carbonyl (C=O) groups is 2. The number of carbonyl (C=O) groups excluding carboxylic acids is 2. The van der Waals surface area contributed by atoms with Gasteiger partial charge in [0.2, 0.25) is 11.5 Å². The third kappa shape index (κ3) is 7.07. The molecule has 2 aliphatic heterocycles. The minimum absolute atomic E-state index is 0.0521. The normalized spacial score (nSPS) is 17.4. The third-order valence-electron chi connectivity index (χ3n) is 6.60. The standard InChI is InChI=1S/C25H32F3N5O9S/c1-4-32-12-20(22(31-32)40-8-7-34)43(37,38)33-11-17(10-29-21(35)15-13-39-14-15)41-19-6-5-16(9-18(19)33)30-23(36)42-24(2,3)25(26,27)28/h5-6,9,12,15,17,34H,4,7-8,10-11,13-14H2,1-3H3,(H,29,35)(H,30,36)/t17-/m0/s1. The Kier molecular flexibility index (Phi) is 9.31. The maximum atomic E-state index is 14.1. The predicted octanol–water partition coefficient (Wildman–Crippen LogP) is 1.88. The minimum Gasteiger partial charge on any atom is -0.484 e. The first-order valence-corrected chi connectivity index (χ1v) is 14.7. The molecule has 0 unspecified atom stereocenters. The van der Waals surface area contributed by atoms with Crippen LogP contribution in [0.4, 0.5) is 29.3 Å². The number of aryl methyl sites for hydroxylation is 1. The topological polar surface area (TPSA) is 171 Å². The van der Waals surface area contributed by atoms with Crippen molar-refractivity contribution in [2.75, 3.05) is 49.1 Å². The molecule has 1 aromatic heterocycles. The van der Waals surface area contributed by atoms with Crippen molar-refractivity contribution in [3.63, 3.8) is 0 Å². The second-order valence-electron chi connectivity index (χ2n) is 10.2.